The van der Waals surface area contributed by atoms with Crippen molar-refractivity contribution in [3.63, 3.8) is 0 Å². The van der Waals surface area contributed by atoms with E-state index in [1.54, 1.807) is 0 Å². The Bertz CT molecular complexity index is 80.9. The molecule has 1 fully saturated rings. The summed E-state index contributed by atoms with van der Waals surface area (Å²) in [4.78, 5) is 9.87. The standard InChI is InChI=1S/C3H5NO2/c5-2-1-4-3(2)6/h2,5H,1H2,(H,4,6). The first kappa shape index (κ1) is 3.61. The predicted molar refractivity (Wildman–Crippen MR) is 19.0 cm³/mol. The second kappa shape index (κ2) is 0.944. The Balaban J connectivity index is 2.39. The van der Waals surface area contributed by atoms with Gasteiger partial charge in [0.2, 0.25) is 0 Å². The zero-order chi connectivity index (χ0) is 4.57. The molecule has 1 aliphatic heterocycles. The summed E-state index contributed by atoms with van der Waals surface area (Å²) in [6.07, 6.45) is -0.718. The molecule has 1 unspecified atom stereocenters. The Morgan fingerprint density at radius 1 is 2.00 bits per heavy atom. The Labute approximate surface area is 35.0 Å². The van der Waals surface area contributed by atoms with Gasteiger partial charge in [0, 0.05) is 0 Å². The maximum absolute atomic E-state index is 9.87. The predicted octanol–water partition coefficient (Wildman–Crippen LogP) is -1.52. The summed E-state index contributed by atoms with van der Waals surface area (Å²) in [6.45, 7) is 0.429. The first-order chi connectivity index (χ1) is 2.80. The summed E-state index contributed by atoms with van der Waals surface area (Å²) in [7, 11) is 0. The fourth-order valence-electron chi connectivity index (χ4n) is 0.277. The lowest BCUT2D eigenvalue weighted by molar-refractivity contribution is -0.136. The summed E-state index contributed by atoms with van der Waals surface area (Å²) >= 11 is 0. The van der Waals surface area contributed by atoms with Gasteiger partial charge in [-0.3, -0.25) is 4.79 Å². The van der Waals surface area contributed by atoms with E-state index in [2.05, 4.69) is 5.32 Å². The molecule has 0 saturated carbocycles. The molecule has 0 spiro atoms. The summed E-state index contributed by atoms with van der Waals surface area (Å²) in [5, 5.41) is 10.7. The number of β-lactam (4-membered cyclic amide) rings is 1. The van der Waals surface area contributed by atoms with Crippen LogP contribution in [0.25, 0.3) is 0 Å². The molecule has 1 saturated heterocycles. The van der Waals surface area contributed by atoms with Gasteiger partial charge in [0.1, 0.15) is 6.10 Å². The van der Waals surface area contributed by atoms with Crippen LogP contribution in [0.1, 0.15) is 0 Å². The molecule has 6 heavy (non-hydrogen) atoms. The van der Waals surface area contributed by atoms with Crippen molar-refractivity contribution in [2.45, 2.75) is 6.10 Å². The molecule has 0 aromatic heterocycles. The molecule has 0 aliphatic carbocycles. The summed E-state index contributed by atoms with van der Waals surface area (Å²) in [5.41, 5.74) is 0. The van der Waals surface area contributed by atoms with Crippen LogP contribution in [0.2, 0.25) is 0 Å². The van der Waals surface area contributed by atoms with E-state index in [9.17, 15) is 4.79 Å². The quantitative estimate of drug-likeness (QED) is 0.352. The first-order valence-electron chi connectivity index (χ1n) is 1.76. The lowest BCUT2D eigenvalue weighted by atomic mass is 10.2. The lowest BCUT2D eigenvalue weighted by Gasteiger charge is -2.19. The van der Waals surface area contributed by atoms with Gasteiger partial charge in [0.25, 0.3) is 5.91 Å². The van der Waals surface area contributed by atoms with E-state index in [0.717, 1.165) is 0 Å². The number of aliphatic hydroxyl groups is 1. The number of rotatable bonds is 0. The second-order valence-electron chi connectivity index (χ2n) is 1.26. The van der Waals surface area contributed by atoms with Crippen molar-refractivity contribution in [1.29, 1.82) is 0 Å². The average Bonchev–Trinajstić information content (AvgIpc) is 1.61. The molecule has 1 heterocycles. The van der Waals surface area contributed by atoms with Crippen LogP contribution >= 0.6 is 0 Å². The van der Waals surface area contributed by atoms with E-state index >= 15 is 0 Å². The maximum Gasteiger partial charge on any atom is 0.250 e. The Morgan fingerprint density at radius 2 is 2.50 bits per heavy atom. The molecule has 0 aromatic carbocycles. The average molecular weight is 87.1 g/mol. The van der Waals surface area contributed by atoms with Gasteiger partial charge < -0.3 is 10.4 Å². The van der Waals surface area contributed by atoms with E-state index in [0.29, 0.717) is 6.54 Å². The molecule has 1 aliphatic rings. The molecule has 1 rings (SSSR count). The molecule has 3 heteroatoms. The third-order valence-electron chi connectivity index (χ3n) is 0.772. The van der Waals surface area contributed by atoms with Crippen LogP contribution in [0, 0.1) is 0 Å². The van der Waals surface area contributed by atoms with E-state index in [1.807, 2.05) is 0 Å². The zero-order valence-corrected chi connectivity index (χ0v) is 3.14. The van der Waals surface area contributed by atoms with Crippen molar-refractivity contribution in [1.82, 2.24) is 5.32 Å². The number of amides is 1. The van der Waals surface area contributed by atoms with Gasteiger partial charge in [-0.05, 0) is 0 Å². The SMILES string of the molecule is O=C1NCC1O. The molecule has 1 atom stereocenters. The Kier molecular flexibility index (Phi) is 0.569. The highest BCUT2D eigenvalue weighted by molar-refractivity contribution is 5.86. The van der Waals surface area contributed by atoms with E-state index in [1.165, 1.54) is 0 Å². The number of hydrogen-bond donors (Lipinski definition) is 2. The number of nitrogens with one attached hydrogen (secondary N) is 1. The fourth-order valence-corrected chi connectivity index (χ4v) is 0.277. The largest absolute Gasteiger partial charge is 0.381 e. The molecular weight excluding hydrogens is 82.0 g/mol. The van der Waals surface area contributed by atoms with E-state index in [-0.39, 0.29) is 5.91 Å². The van der Waals surface area contributed by atoms with Crippen LogP contribution in [-0.2, 0) is 4.79 Å². The molecule has 0 radical (unpaired) electrons. The third kappa shape index (κ3) is 0.285. The number of carbonyl (C=O) groups excluding carboxylic acids is 1. The van der Waals surface area contributed by atoms with Crippen LogP contribution in [0.3, 0.4) is 0 Å². The highest BCUT2D eigenvalue weighted by Crippen LogP contribution is 1.89. The third-order valence-corrected chi connectivity index (χ3v) is 0.772. The summed E-state index contributed by atoms with van der Waals surface area (Å²) in [5.74, 6) is -0.255. The zero-order valence-electron chi connectivity index (χ0n) is 3.14. The van der Waals surface area contributed by atoms with Crippen molar-refractivity contribution in [2.24, 2.45) is 0 Å². The van der Waals surface area contributed by atoms with Gasteiger partial charge in [-0.15, -0.1) is 0 Å². The van der Waals surface area contributed by atoms with Crippen molar-refractivity contribution in [3.8, 4) is 0 Å². The van der Waals surface area contributed by atoms with Crippen LogP contribution in [0.15, 0.2) is 0 Å². The van der Waals surface area contributed by atoms with Gasteiger partial charge in [-0.25, -0.2) is 0 Å². The highest BCUT2D eigenvalue weighted by Gasteiger charge is 2.23. The van der Waals surface area contributed by atoms with Gasteiger partial charge in [-0.1, -0.05) is 0 Å². The fraction of sp³-hybridized carbons (Fsp3) is 0.667. The van der Waals surface area contributed by atoms with E-state index < -0.39 is 6.10 Å². The molecule has 2 N–H and O–H groups in total. The molecule has 34 valence electrons. The number of β-amino-alcohol motifs (C(OH)–C–C–N with tert-alkyl or cyclic N) is 1. The van der Waals surface area contributed by atoms with Gasteiger partial charge >= 0.3 is 0 Å². The lowest BCUT2D eigenvalue weighted by Crippen LogP contribution is -2.52. The van der Waals surface area contributed by atoms with Crippen LogP contribution < -0.4 is 5.32 Å². The van der Waals surface area contributed by atoms with Crippen molar-refractivity contribution in [2.75, 3.05) is 6.54 Å². The summed E-state index contributed by atoms with van der Waals surface area (Å²) < 4.78 is 0. The molecule has 0 aromatic rings. The molecular formula is C3H5NO2. The van der Waals surface area contributed by atoms with Gasteiger partial charge in [0.05, 0.1) is 6.54 Å². The molecule has 0 bridgehead atoms. The number of hydrogen-bond acceptors (Lipinski definition) is 2. The highest BCUT2D eigenvalue weighted by atomic mass is 16.3. The molecule has 3 nitrogen and oxygen atoms in total. The van der Waals surface area contributed by atoms with Gasteiger partial charge in [0.15, 0.2) is 0 Å². The Hall–Kier alpha value is -0.570. The minimum atomic E-state index is -0.718. The maximum atomic E-state index is 9.87. The van der Waals surface area contributed by atoms with E-state index in [4.69, 9.17) is 5.11 Å². The van der Waals surface area contributed by atoms with Crippen LogP contribution in [0.4, 0.5) is 0 Å². The normalized spacial score (nSPS) is 31.5. The Morgan fingerprint density at radius 3 is 2.50 bits per heavy atom. The van der Waals surface area contributed by atoms with Crippen molar-refractivity contribution in [3.05, 3.63) is 0 Å². The topological polar surface area (TPSA) is 49.3 Å². The van der Waals surface area contributed by atoms with Gasteiger partial charge in [-0.2, -0.15) is 0 Å². The van der Waals surface area contributed by atoms with Crippen LogP contribution in [0.5, 0.6) is 0 Å². The van der Waals surface area contributed by atoms with Crippen molar-refractivity contribution >= 4 is 5.91 Å². The second-order valence-corrected chi connectivity index (χ2v) is 1.26. The van der Waals surface area contributed by atoms with Crippen LogP contribution in [-0.4, -0.2) is 23.7 Å². The minimum Gasteiger partial charge on any atom is -0.381 e. The number of carbonyl (C=O) groups is 1. The monoisotopic (exact) mass is 87.0 g/mol. The minimum absolute atomic E-state index is 0.255. The summed E-state index contributed by atoms with van der Waals surface area (Å²) in [6, 6.07) is 0. The first-order valence-corrected chi connectivity index (χ1v) is 1.76. The van der Waals surface area contributed by atoms with Crippen molar-refractivity contribution < 1.29 is 9.90 Å². The number of aliphatic hydroxyl groups excluding tert-OH is 1. The smallest absolute Gasteiger partial charge is 0.250 e. The molecule has 1 amide bonds.